The average Bonchev–Trinajstić information content (AvgIpc) is 3.05. The van der Waals surface area contributed by atoms with Crippen molar-refractivity contribution in [3.05, 3.63) is 42.7 Å². The van der Waals surface area contributed by atoms with Gasteiger partial charge in [-0.15, -0.1) is 0 Å². The quantitative estimate of drug-likeness (QED) is 0.797. The first-order valence-electron chi connectivity index (χ1n) is 6.87. The Bertz CT molecular complexity index is 830. The lowest BCUT2D eigenvalue weighted by Crippen LogP contribution is -2.05. The number of hydrogen-bond acceptors (Lipinski definition) is 6. The molecule has 0 unspecified atom stereocenters. The Hall–Kier alpha value is -3.22. The maximum absolute atomic E-state index is 11.1. The topological polar surface area (TPSA) is 90.1 Å². The van der Waals surface area contributed by atoms with Crippen LogP contribution in [0.3, 0.4) is 0 Å². The lowest BCUT2D eigenvalue weighted by molar-refractivity contribution is -0.114. The van der Waals surface area contributed by atoms with E-state index in [1.54, 1.807) is 42.7 Å². The van der Waals surface area contributed by atoms with Crippen LogP contribution in [0, 0.1) is 0 Å². The van der Waals surface area contributed by atoms with Crippen LogP contribution >= 0.6 is 0 Å². The molecule has 0 atom stereocenters. The summed E-state index contributed by atoms with van der Waals surface area (Å²) in [5, 5.41) is 6.67. The maximum Gasteiger partial charge on any atom is 0.262 e. The van der Waals surface area contributed by atoms with Gasteiger partial charge in [0.2, 0.25) is 11.7 Å². The zero-order valence-corrected chi connectivity index (χ0v) is 12.6. The average molecular weight is 310 g/mol. The van der Waals surface area contributed by atoms with Gasteiger partial charge in [0.1, 0.15) is 5.75 Å². The molecule has 3 rings (SSSR count). The van der Waals surface area contributed by atoms with E-state index in [0.29, 0.717) is 28.7 Å². The zero-order chi connectivity index (χ0) is 16.2. The van der Waals surface area contributed by atoms with E-state index in [1.807, 2.05) is 0 Å². The summed E-state index contributed by atoms with van der Waals surface area (Å²) in [6.45, 7) is 1.44. The Kier molecular flexibility index (Phi) is 4.01. The number of carbonyl (C=O) groups excluding carboxylic acids is 1. The summed E-state index contributed by atoms with van der Waals surface area (Å²) >= 11 is 0. The molecule has 0 saturated heterocycles. The second-order valence-electron chi connectivity index (χ2n) is 4.76. The van der Waals surface area contributed by atoms with Crippen LogP contribution < -0.4 is 10.1 Å². The maximum atomic E-state index is 11.1. The van der Waals surface area contributed by atoms with Crippen LogP contribution in [-0.4, -0.2) is 28.1 Å². The fraction of sp³-hybridized carbons (Fsp3) is 0.125. The van der Waals surface area contributed by atoms with E-state index in [-0.39, 0.29) is 5.91 Å². The monoisotopic (exact) mass is 310 g/mol. The van der Waals surface area contributed by atoms with Crippen LogP contribution in [0.15, 0.2) is 47.2 Å². The van der Waals surface area contributed by atoms with Gasteiger partial charge in [0.05, 0.1) is 12.7 Å². The Balaban J connectivity index is 1.96. The van der Waals surface area contributed by atoms with Crippen molar-refractivity contribution in [2.24, 2.45) is 0 Å². The van der Waals surface area contributed by atoms with Crippen molar-refractivity contribution in [1.82, 2.24) is 15.1 Å². The molecule has 1 N–H and O–H groups in total. The Labute approximate surface area is 132 Å². The van der Waals surface area contributed by atoms with Gasteiger partial charge in [-0.25, -0.2) is 0 Å². The molecule has 0 saturated carbocycles. The van der Waals surface area contributed by atoms with Gasteiger partial charge in [0, 0.05) is 36.6 Å². The first kappa shape index (κ1) is 14.7. The summed E-state index contributed by atoms with van der Waals surface area (Å²) in [6, 6.07) is 8.80. The van der Waals surface area contributed by atoms with Crippen molar-refractivity contribution >= 4 is 11.6 Å². The summed E-state index contributed by atoms with van der Waals surface area (Å²) in [5.41, 5.74) is 2.09. The van der Waals surface area contributed by atoms with E-state index in [4.69, 9.17) is 9.26 Å². The van der Waals surface area contributed by atoms with Crippen molar-refractivity contribution in [1.29, 1.82) is 0 Å². The molecule has 23 heavy (non-hydrogen) atoms. The summed E-state index contributed by atoms with van der Waals surface area (Å²) in [4.78, 5) is 19.5. The fourth-order valence-electron chi connectivity index (χ4n) is 2.10. The van der Waals surface area contributed by atoms with Crippen molar-refractivity contribution in [3.63, 3.8) is 0 Å². The van der Waals surface area contributed by atoms with Crippen LogP contribution in [0.1, 0.15) is 6.92 Å². The van der Waals surface area contributed by atoms with E-state index in [1.165, 1.54) is 14.0 Å². The SMILES string of the molecule is COc1cc(NC(C)=O)ccc1-c1nc(-c2ccncc2)no1. The minimum Gasteiger partial charge on any atom is -0.496 e. The largest absolute Gasteiger partial charge is 0.496 e. The molecule has 0 aliphatic heterocycles. The van der Waals surface area contributed by atoms with Crippen LogP contribution in [0.2, 0.25) is 0 Å². The van der Waals surface area contributed by atoms with Gasteiger partial charge >= 0.3 is 0 Å². The summed E-state index contributed by atoms with van der Waals surface area (Å²) < 4.78 is 10.7. The molecule has 2 heterocycles. The molecular weight excluding hydrogens is 296 g/mol. The molecule has 1 amide bonds. The minimum absolute atomic E-state index is 0.155. The number of hydrogen-bond donors (Lipinski definition) is 1. The van der Waals surface area contributed by atoms with Gasteiger partial charge in [-0.2, -0.15) is 4.98 Å². The molecule has 116 valence electrons. The minimum atomic E-state index is -0.155. The van der Waals surface area contributed by atoms with E-state index in [0.717, 1.165) is 5.56 Å². The first-order valence-corrected chi connectivity index (χ1v) is 6.87. The third kappa shape index (κ3) is 3.18. The molecule has 0 bridgehead atoms. The highest BCUT2D eigenvalue weighted by molar-refractivity contribution is 5.89. The highest BCUT2D eigenvalue weighted by Gasteiger charge is 2.15. The molecule has 0 aliphatic carbocycles. The van der Waals surface area contributed by atoms with E-state index in [2.05, 4.69) is 20.4 Å². The lowest BCUT2D eigenvalue weighted by atomic mass is 10.1. The summed E-state index contributed by atoms with van der Waals surface area (Å²) in [5.74, 6) is 1.18. The molecule has 0 aliphatic rings. The van der Waals surface area contributed by atoms with Gasteiger partial charge in [-0.3, -0.25) is 9.78 Å². The standard InChI is InChI=1S/C16H14N4O3/c1-10(21)18-12-3-4-13(14(9-12)22-2)16-19-15(20-23-16)11-5-7-17-8-6-11/h3-9H,1-2H3,(H,18,21). The van der Waals surface area contributed by atoms with Crippen LogP contribution in [0.4, 0.5) is 5.69 Å². The van der Waals surface area contributed by atoms with Crippen molar-refractivity contribution in [2.75, 3.05) is 12.4 Å². The number of aromatic nitrogens is 3. The third-order valence-electron chi connectivity index (χ3n) is 3.12. The van der Waals surface area contributed by atoms with E-state index < -0.39 is 0 Å². The Morgan fingerprint density at radius 1 is 1.22 bits per heavy atom. The number of nitrogens with one attached hydrogen (secondary N) is 1. The van der Waals surface area contributed by atoms with E-state index in [9.17, 15) is 4.79 Å². The summed E-state index contributed by atoms with van der Waals surface area (Å²) in [7, 11) is 1.54. The Morgan fingerprint density at radius 3 is 2.70 bits per heavy atom. The molecular formula is C16H14N4O3. The predicted molar refractivity (Wildman–Crippen MR) is 83.8 cm³/mol. The number of anilines is 1. The highest BCUT2D eigenvalue weighted by atomic mass is 16.5. The van der Waals surface area contributed by atoms with Gasteiger partial charge in [-0.1, -0.05) is 5.16 Å². The van der Waals surface area contributed by atoms with Crippen molar-refractivity contribution < 1.29 is 14.1 Å². The number of methoxy groups -OCH3 is 1. The van der Waals surface area contributed by atoms with Gasteiger partial charge < -0.3 is 14.6 Å². The van der Waals surface area contributed by atoms with Crippen LogP contribution in [0.5, 0.6) is 5.75 Å². The lowest BCUT2D eigenvalue weighted by Gasteiger charge is -2.08. The van der Waals surface area contributed by atoms with Crippen LogP contribution in [-0.2, 0) is 4.79 Å². The molecule has 7 heteroatoms. The number of ether oxygens (including phenoxy) is 1. The fourth-order valence-corrected chi connectivity index (χ4v) is 2.10. The smallest absolute Gasteiger partial charge is 0.262 e. The van der Waals surface area contributed by atoms with E-state index >= 15 is 0 Å². The van der Waals surface area contributed by atoms with Crippen molar-refractivity contribution in [2.45, 2.75) is 6.92 Å². The molecule has 1 aromatic carbocycles. The molecule has 3 aromatic rings. The zero-order valence-electron chi connectivity index (χ0n) is 12.6. The molecule has 0 fully saturated rings. The number of rotatable bonds is 4. The summed E-state index contributed by atoms with van der Waals surface area (Å²) in [6.07, 6.45) is 3.32. The highest BCUT2D eigenvalue weighted by Crippen LogP contribution is 2.32. The molecule has 7 nitrogen and oxygen atoms in total. The number of pyridine rings is 1. The van der Waals surface area contributed by atoms with Gasteiger partial charge in [0.25, 0.3) is 5.89 Å². The third-order valence-corrected chi connectivity index (χ3v) is 3.12. The number of nitrogens with zero attached hydrogens (tertiary/aromatic N) is 3. The van der Waals surface area contributed by atoms with Crippen molar-refractivity contribution in [3.8, 4) is 28.6 Å². The van der Waals surface area contributed by atoms with Gasteiger partial charge in [-0.05, 0) is 24.3 Å². The second kappa shape index (κ2) is 6.27. The molecule has 2 aromatic heterocycles. The van der Waals surface area contributed by atoms with Crippen LogP contribution in [0.25, 0.3) is 22.8 Å². The number of carbonyl (C=O) groups is 1. The first-order chi connectivity index (χ1) is 11.2. The number of amides is 1. The molecule has 0 spiro atoms. The normalized spacial score (nSPS) is 10.3. The predicted octanol–water partition coefficient (Wildman–Crippen LogP) is 2.77. The Morgan fingerprint density at radius 2 is 2.00 bits per heavy atom. The van der Waals surface area contributed by atoms with Gasteiger partial charge in [0.15, 0.2) is 0 Å². The number of benzene rings is 1. The second-order valence-corrected chi connectivity index (χ2v) is 4.76. The molecule has 0 radical (unpaired) electrons.